The largest absolute Gasteiger partial charge is 0.383 e. The van der Waals surface area contributed by atoms with Gasteiger partial charge < -0.3 is 19.9 Å². The summed E-state index contributed by atoms with van der Waals surface area (Å²) in [5.74, 6) is -0.149. The van der Waals surface area contributed by atoms with E-state index < -0.39 is 5.41 Å². The molecule has 6 heteroatoms. The summed E-state index contributed by atoms with van der Waals surface area (Å²) in [4.78, 5) is 29.6. The molecule has 6 nitrogen and oxygen atoms in total. The molecule has 1 N–H and O–H groups in total. The Morgan fingerprint density at radius 1 is 1.15 bits per heavy atom. The number of carbonyl (C=O) groups excluding carboxylic acids is 2. The number of piperazine rings is 1. The van der Waals surface area contributed by atoms with Gasteiger partial charge in [0.2, 0.25) is 11.8 Å². The van der Waals surface area contributed by atoms with Crippen molar-refractivity contribution in [1.29, 1.82) is 0 Å². The average molecular weight is 359 g/mol. The first kappa shape index (κ1) is 18.7. The summed E-state index contributed by atoms with van der Waals surface area (Å²) < 4.78 is 4.96. The lowest BCUT2D eigenvalue weighted by Gasteiger charge is -2.38. The molecule has 1 aromatic carbocycles. The van der Waals surface area contributed by atoms with Crippen molar-refractivity contribution in [1.82, 2.24) is 10.2 Å². The van der Waals surface area contributed by atoms with E-state index in [1.54, 1.807) is 7.11 Å². The summed E-state index contributed by atoms with van der Waals surface area (Å²) in [5.41, 5.74) is 3.00. The Hall–Kier alpha value is -2.08. The van der Waals surface area contributed by atoms with E-state index in [1.165, 1.54) is 16.8 Å². The lowest BCUT2D eigenvalue weighted by Crippen LogP contribution is -2.53. The SMILES string of the molecule is COCCNC(=O)C1(C(=O)N2CCN(c3cccc(C)c3C)CC2)CC1. The zero-order valence-corrected chi connectivity index (χ0v) is 16.0. The highest BCUT2D eigenvalue weighted by Gasteiger charge is 2.58. The van der Waals surface area contributed by atoms with E-state index in [1.807, 2.05) is 4.90 Å². The normalized spacial score (nSPS) is 18.6. The number of aryl methyl sites for hydroxylation is 1. The average Bonchev–Trinajstić information content (AvgIpc) is 3.46. The molecule has 26 heavy (non-hydrogen) atoms. The fraction of sp³-hybridized carbons (Fsp3) is 0.600. The number of carbonyl (C=O) groups is 2. The Labute approximate surface area is 155 Å². The molecule has 1 aliphatic carbocycles. The fourth-order valence-electron chi connectivity index (χ4n) is 3.63. The van der Waals surface area contributed by atoms with E-state index in [0.717, 1.165) is 13.1 Å². The van der Waals surface area contributed by atoms with Crippen LogP contribution in [0.25, 0.3) is 0 Å². The molecule has 2 aliphatic rings. The molecular formula is C20H29N3O3. The molecule has 1 saturated carbocycles. The molecular weight excluding hydrogens is 330 g/mol. The van der Waals surface area contributed by atoms with Gasteiger partial charge in [-0.2, -0.15) is 0 Å². The Kier molecular flexibility index (Phi) is 5.51. The van der Waals surface area contributed by atoms with Crippen LogP contribution in [0.3, 0.4) is 0 Å². The van der Waals surface area contributed by atoms with Crippen molar-refractivity contribution in [3.05, 3.63) is 29.3 Å². The van der Waals surface area contributed by atoms with Gasteiger partial charge in [0, 0.05) is 45.5 Å². The minimum atomic E-state index is -0.824. The monoisotopic (exact) mass is 359 g/mol. The van der Waals surface area contributed by atoms with Crippen LogP contribution in [0.1, 0.15) is 24.0 Å². The number of rotatable bonds is 6. The van der Waals surface area contributed by atoms with Crippen LogP contribution in [0.5, 0.6) is 0 Å². The second kappa shape index (κ2) is 7.66. The number of methoxy groups -OCH3 is 1. The number of anilines is 1. The number of benzene rings is 1. The van der Waals surface area contributed by atoms with Crippen molar-refractivity contribution in [3.63, 3.8) is 0 Å². The van der Waals surface area contributed by atoms with E-state index in [4.69, 9.17) is 4.74 Å². The molecule has 0 spiro atoms. The van der Waals surface area contributed by atoms with Gasteiger partial charge in [-0.05, 0) is 43.9 Å². The molecule has 0 aromatic heterocycles. The van der Waals surface area contributed by atoms with Gasteiger partial charge in [-0.15, -0.1) is 0 Å². The second-order valence-electron chi connectivity index (χ2n) is 7.33. The van der Waals surface area contributed by atoms with Crippen molar-refractivity contribution in [3.8, 4) is 0 Å². The molecule has 1 saturated heterocycles. The molecule has 2 amide bonds. The van der Waals surface area contributed by atoms with Crippen molar-refractivity contribution >= 4 is 17.5 Å². The van der Waals surface area contributed by atoms with Crippen LogP contribution in [-0.2, 0) is 14.3 Å². The number of ether oxygens (including phenoxy) is 1. The molecule has 142 valence electrons. The summed E-state index contributed by atoms with van der Waals surface area (Å²) >= 11 is 0. The molecule has 0 atom stereocenters. The molecule has 0 unspecified atom stereocenters. The molecule has 2 fully saturated rings. The van der Waals surface area contributed by atoms with Crippen LogP contribution < -0.4 is 10.2 Å². The van der Waals surface area contributed by atoms with Gasteiger partial charge in [0.05, 0.1) is 6.61 Å². The van der Waals surface area contributed by atoms with Gasteiger partial charge in [-0.3, -0.25) is 9.59 Å². The zero-order valence-electron chi connectivity index (χ0n) is 16.0. The Morgan fingerprint density at radius 3 is 2.46 bits per heavy atom. The number of hydrogen-bond donors (Lipinski definition) is 1. The van der Waals surface area contributed by atoms with Crippen LogP contribution >= 0.6 is 0 Å². The summed E-state index contributed by atoms with van der Waals surface area (Å²) in [6.07, 6.45) is 1.31. The Bertz CT molecular complexity index is 677. The number of nitrogens with zero attached hydrogens (tertiary/aromatic N) is 2. The predicted octanol–water partition coefficient (Wildman–Crippen LogP) is 1.49. The van der Waals surface area contributed by atoms with Gasteiger partial charge >= 0.3 is 0 Å². The quantitative estimate of drug-likeness (QED) is 0.618. The number of nitrogens with one attached hydrogen (secondary N) is 1. The highest BCUT2D eigenvalue weighted by Crippen LogP contribution is 2.47. The predicted molar refractivity (Wildman–Crippen MR) is 101 cm³/mol. The zero-order chi connectivity index (χ0) is 18.7. The van der Waals surface area contributed by atoms with Crippen LogP contribution in [0, 0.1) is 19.3 Å². The summed E-state index contributed by atoms with van der Waals surface area (Å²) in [5, 5.41) is 2.83. The first-order valence-corrected chi connectivity index (χ1v) is 9.37. The van der Waals surface area contributed by atoms with Crippen LogP contribution in [0.4, 0.5) is 5.69 Å². The van der Waals surface area contributed by atoms with E-state index in [9.17, 15) is 9.59 Å². The Morgan fingerprint density at radius 2 is 1.85 bits per heavy atom. The minimum Gasteiger partial charge on any atom is -0.383 e. The molecule has 1 heterocycles. The molecule has 0 bridgehead atoms. The van der Waals surface area contributed by atoms with E-state index in [0.29, 0.717) is 39.1 Å². The maximum absolute atomic E-state index is 12.9. The number of amides is 2. The minimum absolute atomic E-state index is 0.00645. The Balaban J connectivity index is 1.58. The third kappa shape index (κ3) is 3.56. The van der Waals surface area contributed by atoms with Crippen molar-refractivity contribution in [2.75, 3.05) is 51.3 Å². The maximum atomic E-state index is 12.9. The van der Waals surface area contributed by atoms with Crippen molar-refractivity contribution < 1.29 is 14.3 Å². The standard InChI is InChI=1S/C20H29N3O3/c1-15-5-4-6-17(16(15)2)22-10-12-23(13-11-22)19(25)20(7-8-20)18(24)21-9-14-26-3/h4-6H,7-14H2,1-3H3,(H,21,24). The third-order valence-corrected chi connectivity index (χ3v) is 5.67. The lowest BCUT2D eigenvalue weighted by molar-refractivity contribution is -0.144. The van der Waals surface area contributed by atoms with E-state index in [2.05, 4.69) is 42.3 Å². The van der Waals surface area contributed by atoms with Crippen LogP contribution in [-0.4, -0.2) is 63.2 Å². The smallest absolute Gasteiger partial charge is 0.238 e. The van der Waals surface area contributed by atoms with Crippen molar-refractivity contribution in [2.45, 2.75) is 26.7 Å². The first-order valence-electron chi connectivity index (χ1n) is 9.37. The van der Waals surface area contributed by atoms with Gasteiger partial charge in [0.1, 0.15) is 5.41 Å². The molecule has 1 aliphatic heterocycles. The van der Waals surface area contributed by atoms with E-state index >= 15 is 0 Å². The first-order chi connectivity index (χ1) is 12.5. The molecule has 0 radical (unpaired) electrons. The highest BCUT2D eigenvalue weighted by atomic mass is 16.5. The van der Waals surface area contributed by atoms with Crippen LogP contribution in [0.15, 0.2) is 18.2 Å². The summed E-state index contributed by atoms with van der Waals surface area (Å²) in [6, 6.07) is 6.35. The topological polar surface area (TPSA) is 61.9 Å². The summed E-state index contributed by atoms with van der Waals surface area (Å²) in [7, 11) is 1.60. The van der Waals surface area contributed by atoms with E-state index in [-0.39, 0.29) is 11.8 Å². The lowest BCUT2D eigenvalue weighted by atomic mass is 10.0. The highest BCUT2D eigenvalue weighted by molar-refractivity contribution is 6.07. The number of hydrogen-bond acceptors (Lipinski definition) is 4. The van der Waals surface area contributed by atoms with Gasteiger partial charge in [-0.25, -0.2) is 0 Å². The van der Waals surface area contributed by atoms with Crippen molar-refractivity contribution in [2.24, 2.45) is 5.41 Å². The van der Waals surface area contributed by atoms with Gasteiger partial charge in [0.25, 0.3) is 0 Å². The molecule has 1 aromatic rings. The maximum Gasteiger partial charge on any atom is 0.238 e. The third-order valence-electron chi connectivity index (χ3n) is 5.67. The molecule has 3 rings (SSSR count). The second-order valence-corrected chi connectivity index (χ2v) is 7.33. The van der Waals surface area contributed by atoms with Gasteiger partial charge in [-0.1, -0.05) is 12.1 Å². The summed E-state index contributed by atoms with van der Waals surface area (Å²) in [6.45, 7) is 8.12. The van der Waals surface area contributed by atoms with Gasteiger partial charge in [0.15, 0.2) is 0 Å². The van der Waals surface area contributed by atoms with Crippen LogP contribution in [0.2, 0.25) is 0 Å². The fourth-order valence-corrected chi connectivity index (χ4v) is 3.63.